The van der Waals surface area contributed by atoms with Crippen LogP contribution in [0.4, 0.5) is 0 Å². The lowest BCUT2D eigenvalue weighted by Gasteiger charge is -2.20. The molecule has 3 aromatic rings. The molecule has 0 fully saturated rings. The molecule has 1 aliphatic carbocycles. The molecule has 1 aliphatic rings. The lowest BCUT2D eigenvalue weighted by atomic mass is 9.95. The van der Waals surface area contributed by atoms with Gasteiger partial charge >= 0.3 is 0 Å². The van der Waals surface area contributed by atoms with E-state index in [1.54, 1.807) is 37.4 Å². The van der Waals surface area contributed by atoms with Gasteiger partial charge in [0.2, 0.25) is 21.2 Å². The molecule has 3 aromatic carbocycles. The molecule has 0 heterocycles. The van der Waals surface area contributed by atoms with Crippen molar-refractivity contribution >= 4 is 10.0 Å². The second-order valence-electron chi connectivity index (χ2n) is 7.98. The maximum Gasteiger partial charge on any atom is 0.241 e. The molecule has 0 aromatic heterocycles. The van der Waals surface area contributed by atoms with E-state index in [4.69, 9.17) is 18.9 Å². The van der Waals surface area contributed by atoms with Crippen LogP contribution in [0.15, 0.2) is 64.3 Å². The molecule has 0 saturated carbocycles. The van der Waals surface area contributed by atoms with Gasteiger partial charge in [-0.25, -0.2) is 13.1 Å². The molecule has 8 nitrogen and oxygen atoms in total. The van der Waals surface area contributed by atoms with Gasteiger partial charge in [-0.15, -0.1) is 0 Å². The topological polar surface area (TPSA) is 100 Å². The average molecular weight is 498 g/mol. The van der Waals surface area contributed by atoms with E-state index in [1.165, 1.54) is 39.5 Å². The first-order chi connectivity index (χ1) is 16.8. The Morgan fingerprint density at radius 2 is 1.51 bits per heavy atom. The number of nitrogens with one attached hydrogen (secondary N) is 1. The molecule has 0 bridgehead atoms. The van der Waals surface area contributed by atoms with Crippen LogP contribution in [-0.2, 0) is 16.4 Å². The summed E-state index contributed by atoms with van der Waals surface area (Å²) >= 11 is 0. The minimum Gasteiger partial charge on any atom is -0.493 e. The van der Waals surface area contributed by atoms with E-state index in [2.05, 4.69) is 4.72 Å². The fourth-order valence-electron chi connectivity index (χ4n) is 4.44. The summed E-state index contributed by atoms with van der Waals surface area (Å²) in [5.74, 6) is 1.48. The van der Waals surface area contributed by atoms with E-state index in [9.17, 15) is 13.2 Å². The fourth-order valence-corrected chi connectivity index (χ4v) is 5.72. The van der Waals surface area contributed by atoms with Gasteiger partial charge in [-0.05, 0) is 59.9 Å². The van der Waals surface area contributed by atoms with Gasteiger partial charge in [-0.3, -0.25) is 4.79 Å². The van der Waals surface area contributed by atoms with Gasteiger partial charge in [0.25, 0.3) is 0 Å². The minimum absolute atomic E-state index is 0.142. The first-order valence-electron chi connectivity index (χ1n) is 11.0. The molecule has 1 N–H and O–H groups in total. The Morgan fingerprint density at radius 3 is 2.14 bits per heavy atom. The van der Waals surface area contributed by atoms with E-state index in [0.717, 1.165) is 5.56 Å². The summed E-state index contributed by atoms with van der Waals surface area (Å²) in [5.41, 5.74) is 2.37. The monoisotopic (exact) mass is 497 g/mol. The van der Waals surface area contributed by atoms with Crippen molar-refractivity contribution < 1.29 is 27.4 Å². The molecule has 1 unspecified atom stereocenters. The predicted octanol–water partition coefficient (Wildman–Crippen LogP) is 3.71. The number of fused-ring (bicyclic) bond motifs is 3. The minimum atomic E-state index is -3.86. The Hall–Kier alpha value is -3.56. The van der Waals surface area contributed by atoms with Crippen LogP contribution >= 0.6 is 0 Å². The average Bonchev–Trinajstić information content (AvgIpc) is 3.11. The van der Waals surface area contributed by atoms with E-state index < -0.39 is 16.1 Å². The quantitative estimate of drug-likeness (QED) is 0.531. The Labute approximate surface area is 204 Å². The number of hydrogen-bond donors (Lipinski definition) is 1. The molecule has 0 saturated heterocycles. The smallest absolute Gasteiger partial charge is 0.241 e. The molecule has 9 heteroatoms. The Balaban J connectivity index is 1.99. The third kappa shape index (κ3) is 4.56. The highest BCUT2D eigenvalue weighted by molar-refractivity contribution is 7.89. The SMILES string of the molecule is COc1cc2c(c(OC)c1OC)-c1ccc(OC)c(=O)cc1C(NS(=O)(=O)c1ccccc1)CC2. The summed E-state index contributed by atoms with van der Waals surface area (Å²) in [6.07, 6.45) is 0.897. The maximum atomic E-state index is 13.2. The van der Waals surface area contributed by atoms with Crippen molar-refractivity contribution in [1.29, 1.82) is 0 Å². The van der Waals surface area contributed by atoms with Crippen molar-refractivity contribution in [2.24, 2.45) is 0 Å². The van der Waals surface area contributed by atoms with E-state index in [1.807, 2.05) is 6.07 Å². The van der Waals surface area contributed by atoms with E-state index in [0.29, 0.717) is 46.8 Å². The fraction of sp³-hybridized carbons (Fsp3) is 0.269. The van der Waals surface area contributed by atoms with Crippen LogP contribution in [-0.4, -0.2) is 36.9 Å². The largest absolute Gasteiger partial charge is 0.493 e. The van der Waals surface area contributed by atoms with E-state index >= 15 is 0 Å². The van der Waals surface area contributed by atoms with Crippen molar-refractivity contribution in [2.75, 3.05) is 28.4 Å². The number of benzene rings is 2. The molecular formula is C26H27NO7S. The molecule has 35 heavy (non-hydrogen) atoms. The first-order valence-corrected chi connectivity index (χ1v) is 12.4. The third-order valence-corrected chi connectivity index (χ3v) is 7.56. The Bertz CT molecular complexity index is 1410. The van der Waals surface area contributed by atoms with Crippen LogP contribution in [0.2, 0.25) is 0 Å². The van der Waals surface area contributed by atoms with Crippen LogP contribution in [0.25, 0.3) is 11.1 Å². The molecule has 0 radical (unpaired) electrons. The normalized spacial score (nSPS) is 14.8. The van der Waals surface area contributed by atoms with Crippen LogP contribution in [0.3, 0.4) is 0 Å². The van der Waals surface area contributed by atoms with Gasteiger partial charge in [0.1, 0.15) is 0 Å². The second-order valence-corrected chi connectivity index (χ2v) is 9.70. The molecule has 0 amide bonds. The summed E-state index contributed by atoms with van der Waals surface area (Å²) in [6, 6.07) is 14.1. The van der Waals surface area contributed by atoms with Gasteiger partial charge < -0.3 is 18.9 Å². The number of aryl methyl sites for hydroxylation is 1. The highest BCUT2D eigenvalue weighted by Crippen LogP contribution is 2.50. The number of rotatable bonds is 7. The van der Waals surface area contributed by atoms with Crippen LogP contribution < -0.4 is 29.1 Å². The lowest BCUT2D eigenvalue weighted by Crippen LogP contribution is -2.29. The molecule has 1 atom stereocenters. The molecule has 0 spiro atoms. The number of ether oxygens (including phenoxy) is 4. The van der Waals surface area contributed by atoms with Gasteiger partial charge in [0.05, 0.1) is 33.3 Å². The lowest BCUT2D eigenvalue weighted by molar-refractivity contribution is 0.324. The number of hydrogen-bond acceptors (Lipinski definition) is 7. The predicted molar refractivity (Wildman–Crippen MR) is 132 cm³/mol. The summed E-state index contributed by atoms with van der Waals surface area (Å²) in [4.78, 5) is 13.1. The molecule has 4 rings (SSSR count). The standard InChI is InChI=1S/C26H27NO7S/c1-31-22-13-11-18-19(15-21(22)28)20(27-35(29,30)17-8-6-5-7-9-17)12-10-16-14-23(32-2)25(33-3)26(34-4)24(16)18/h5-9,11,13-15,20,27H,10,12H2,1-4H3. The van der Waals surface area contributed by atoms with E-state index in [-0.39, 0.29) is 16.1 Å². The maximum absolute atomic E-state index is 13.2. The summed E-state index contributed by atoms with van der Waals surface area (Å²) in [7, 11) is 2.14. The highest BCUT2D eigenvalue weighted by atomic mass is 32.2. The molecule has 184 valence electrons. The zero-order valence-corrected chi connectivity index (χ0v) is 20.8. The van der Waals surface area contributed by atoms with Crippen molar-refractivity contribution in [2.45, 2.75) is 23.8 Å². The van der Waals surface area contributed by atoms with Gasteiger partial charge in [0.15, 0.2) is 17.2 Å². The summed E-state index contributed by atoms with van der Waals surface area (Å²) in [6.45, 7) is 0. The third-order valence-electron chi connectivity index (χ3n) is 6.07. The Morgan fingerprint density at radius 1 is 0.829 bits per heavy atom. The highest BCUT2D eigenvalue weighted by Gasteiger charge is 2.31. The van der Waals surface area contributed by atoms with Crippen LogP contribution in [0, 0.1) is 0 Å². The summed E-state index contributed by atoms with van der Waals surface area (Å²) < 4.78 is 51.4. The van der Waals surface area contributed by atoms with Crippen molar-refractivity contribution in [3.8, 4) is 34.1 Å². The van der Waals surface area contributed by atoms with Crippen molar-refractivity contribution in [3.05, 3.63) is 75.9 Å². The van der Waals surface area contributed by atoms with Crippen LogP contribution in [0.5, 0.6) is 23.0 Å². The van der Waals surface area contributed by atoms with Gasteiger partial charge in [0, 0.05) is 11.6 Å². The van der Waals surface area contributed by atoms with Crippen LogP contribution in [0.1, 0.15) is 23.6 Å². The molecular weight excluding hydrogens is 470 g/mol. The zero-order valence-electron chi connectivity index (χ0n) is 20.0. The first kappa shape index (κ1) is 24.6. The summed E-state index contributed by atoms with van der Waals surface area (Å²) in [5, 5.41) is 0. The van der Waals surface area contributed by atoms with Crippen molar-refractivity contribution in [1.82, 2.24) is 4.72 Å². The van der Waals surface area contributed by atoms with Gasteiger partial charge in [-0.1, -0.05) is 24.3 Å². The zero-order chi connectivity index (χ0) is 25.2. The number of methoxy groups -OCH3 is 4. The molecule has 0 aliphatic heterocycles. The van der Waals surface area contributed by atoms with Gasteiger partial charge in [-0.2, -0.15) is 0 Å². The van der Waals surface area contributed by atoms with Crippen molar-refractivity contribution in [3.63, 3.8) is 0 Å². The Kier molecular flexibility index (Phi) is 7.00. The second kappa shape index (κ2) is 9.97. The number of sulfonamides is 1.